The third kappa shape index (κ3) is 1.96. The molecule has 0 aliphatic rings. The molecule has 0 saturated heterocycles. The molecule has 3 nitrogen and oxygen atoms in total. The van der Waals surface area contributed by atoms with Crippen LogP contribution in [0, 0.1) is 6.92 Å². The minimum Gasteiger partial charge on any atom is -0.422 e. The van der Waals surface area contributed by atoms with Crippen molar-refractivity contribution in [1.82, 2.24) is 0 Å². The Labute approximate surface area is 99.8 Å². The predicted octanol–water partition coefficient (Wildman–Crippen LogP) is 2.87. The van der Waals surface area contributed by atoms with Gasteiger partial charge in [-0.1, -0.05) is 6.08 Å². The first-order valence-corrected chi connectivity index (χ1v) is 5.52. The van der Waals surface area contributed by atoms with Crippen LogP contribution in [0.3, 0.4) is 0 Å². The lowest BCUT2D eigenvalue weighted by Crippen LogP contribution is -2.02. The Kier molecular flexibility index (Phi) is 3.00. The van der Waals surface area contributed by atoms with E-state index in [-0.39, 0.29) is 5.63 Å². The molecule has 0 saturated carbocycles. The Morgan fingerprint density at radius 2 is 2.24 bits per heavy atom. The van der Waals surface area contributed by atoms with Gasteiger partial charge in [0.25, 0.3) is 0 Å². The summed E-state index contributed by atoms with van der Waals surface area (Å²) in [6.45, 7) is 5.65. The molecule has 0 radical (unpaired) electrons. The standard InChI is InChI=1S/C14H15NO2/c1-4-5-11-12(15-3)7-6-10-9(2)8-13(16)17-14(10)11/h4,6-8,15H,1,5H2,2-3H3. The van der Waals surface area contributed by atoms with Gasteiger partial charge >= 0.3 is 5.63 Å². The van der Waals surface area contributed by atoms with Gasteiger partial charge in [-0.15, -0.1) is 6.58 Å². The van der Waals surface area contributed by atoms with Crippen LogP contribution in [0.4, 0.5) is 5.69 Å². The van der Waals surface area contributed by atoms with Crippen molar-refractivity contribution in [2.45, 2.75) is 13.3 Å². The number of rotatable bonds is 3. The highest BCUT2D eigenvalue weighted by Gasteiger charge is 2.10. The van der Waals surface area contributed by atoms with Crippen LogP contribution in [0.25, 0.3) is 11.0 Å². The molecule has 0 atom stereocenters. The summed E-state index contributed by atoms with van der Waals surface area (Å²) in [6.07, 6.45) is 2.47. The molecule has 2 aromatic rings. The summed E-state index contributed by atoms with van der Waals surface area (Å²) < 4.78 is 5.33. The second kappa shape index (κ2) is 4.45. The topological polar surface area (TPSA) is 42.2 Å². The van der Waals surface area contributed by atoms with Crippen molar-refractivity contribution in [1.29, 1.82) is 0 Å². The average molecular weight is 229 g/mol. The van der Waals surface area contributed by atoms with E-state index in [1.807, 2.05) is 26.1 Å². The summed E-state index contributed by atoms with van der Waals surface area (Å²) in [5.41, 5.74) is 3.21. The maximum Gasteiger partial charge on any atom is 0.336 e. The molecule has 1 aromatic heterocycles. The largest absolute Gasteiger partial charge is 0.422 e. The normalized spacial score (nSPS) is 10.5. The average Bonchev–Trinajstić information content (AvgIpc) is 2.30. The Morgan fingerprint density at radius 3 is 2.88 bits per heavy atom. The van der Waals surface area contributed by atoms with E-state index in [1.54, 1.807) is 6.08 Å². The van der Waals surface area contributed by atoms with Crippen LogP contribution in [0.5, 0.6) is 0 Å². The maximum atomic E-state index is 11.4. The minimum absolute atomic E-state index is 0.312. The monoisotopic (exact) mass is 229 g/mol. The van der Waals surface area contributed by atoms with Gasteiger partial charge in [-0.3, -0.25) is 0 Å². The second-order valence-electron chi connectivity index (χ2n) is 3.96. The predicted molar refractivity (Wildman–Crippen MR) is 70.7 cm³/mol. The zero-order valence-corrected chi connectivity index (χ0v) is 10.0. The van der Waals surface area contributed by atoms with Crippen molar-refractivity contribution in [2.24, 2.45) is 0 Å². The quantitative estimate of drug-likeness (QED) is 0.650. The van der Waals surface area contributed by atoms with Crippen LogP contribution in [-0.2, 0) is 6.42 Å². The first kappa shape index (κ1) is 11.5. The number of benzene rings is 1. The summed E-state index contributed by atoms with van der Waals surface area (Å²) >= 11 is 0. The van der Waals surface area contributed by atoms with E-state index in [2.05, 4.69) is 11.9 Å². The molecule has 2 rings (SSSR count). The van der Waals surface area contributed by atoms with Crippen LogP contribution in [0.2, 0.25) is 0 Å². The molecular weight excluding hydrogens is 214 g/mol. The Bertz CT molecular complexity index is 626. The third-order valence-electron chi connectivity index (χ3n) is 2.84. The smallest absolute Gasteiger partial charge is 0.336 e. The maximum absolute atomic E-state index is 11.4. The van der Waals surface area contributed by atoms with Crippen molar-refractivity contribution < 1.29 is 4.42 Å². The number of allylic oxidation sites excluding steroid dienone is 1. The molecule has 0 amide bonds. The van der Waals surface area contributed by atoms with Gasteiger partial charge in [-0.25, -0.2) is 4.79 Å². The molecule has 0 unspecified atom stereocenters. The van der Waals surface area contributed by atoms with Gasteiger partial charge < -0.3 is 9.73 Å². The van der Waals surface area contributed by atoms with Gasteiger partial charge in [0.2, 0.25) is 0 Å². The van der Waals surface area contributed by atoms with Crippen LogP contribution >= 0.6 is 0 Å². The van der Waals surface area contributed by atoms with Crippen molar-refractivity contribution in [2.75, 3.05) is 12.4 Å². The lowest BCUT2D eigenvalue weighted by atomic mass is 10.0. The summed E-state index contributed by atoms with van der Waals surface area (Å²) in [4.78, 5) is 11.4. The van der Waals surface area contributed by atoms with Crippen molar-refractivity contribution in [3.05, 3.63) is 52.4 Å². The van der Waals surface area contributed by atoms with Crippen LogP contribution in [0.1, 0.15) is 11.1 Å². The second-order valence-corrected chi connectivity index (χ2v) is 3.96. The molecule has 0 fully saturated rings. The molecule has 0 spiro atoms. The first-order chi connectivity index (χ1) is 8.17. The molecule has 1 aromatic carbocycles. The molecular formula is C14H15NO2. The Hall–Kier alpha value is -2.03. The van der Waals surface area contributed by atoms with E-state index in [0.717, 1.165) is 22.2 Å². The van der Waals surface area contributed by atoms with Gasteiger partial charge in [0.05, 0.1) is 0 Å². The summed E-state index contributed by atoms with van der Waals surface area (Å²) in [6, 6.07) is 5.47. The Balaban J connectivity index is 2.87. The van der Waals surface area contributed by atoms with Gasteiger partial charge in [0, 0.05) is 29.8 Å². The van der Waals surface area contributed by atoms with Gasteiger partial charge in [-0.05, 0) is 31.0 Å². The van der Waals surface area contributed by atoms with E-state index in [0.29, 0.717) is 12.0 Å². The fraction of sp³-hybridized carbons (Fsp3) is 0.214. The lowest BCUT2D eigenvalue weighted by molar-refractivity contribution is 0.557. The van der Waals surface area contributed by atoms with Gasteiger partial charge in [0.1, 0.15) is 5.58 Å². The fourth-order valence-corrected chi connectivity index (χ4v) is 2.02. The Morgan fingerprint density at radius 1 is 1.47 bits per heavy atom. The zero-order chi connectivity index (χ0) is 12.4. The SMILES string of the molecule is C=CCc1c(NC)ccc2c(C)cc(=O)oc12. The number of hydrogen-bond acceptors (Lipinski definition) is 3. The van der Waals surface area contributed by atoms with E-state index >= 15 is 0 Å². The molecule has 88 valence electrons. The third-order valence-corrected chi connectivity index (χ3v) is 2.84. The van der Waals surface area contributed by atoms with Crippen molar-refractivity contribution >= 4 is 16.7 Å². The van der Waals surface area contributed by atoms with Gasteiger partial charge in [-0.2, -0.15) is 0 Å². The van der Waals surface area contributed by atoms with E-state index < -0.39 is 0 Å². The molecule has 0 aliphatic carbocycles. The lowest BCUT2D eigenvalue weighted by Gasteiger charge is -2.10. The number of nitrogens with one attached hydrogen (secondary N) is 1. The molecule has 1 heterocycles. The van der Waals surface area contributed by atoms with E-state index in [1.165, 1.54) is 6.07 Å². The highest BCUT2D eigenvalue weighted by molar-refractivity contribution is 5.87. The molecule has 1 N–H and O–H groups in total. The van der Waals surface area contributed by atoms with Crippen LogP contribution in [-0.4, -0.2) is 7.05 Å². The van der Waals surface area contributed by atoms with E-state index in [9.17, 15) is 4.79 Å². The van der Waals surface area contributed by atoms with Crippen LogP contribution in [0.15, 0.2) is 40.1 Å². The number of aryl methyl sites for hydroxylation is 1. The number of anilines is 1. The van der Waals surface area contributed by atoms with Gasteiger partial charge in [0.15, 0.2) is 0 Å². The summed E-state index contributed by atoms with van der Waals surface area (Å²) in [7, 11) is 1.85. The summed E-state index contributed by atoms with van der Waals surface area (Å²) in [5.74, 6) is 0. The highest BCUT2D eigenvalue weighted by atomic mass is 16.4. The van der Waals surface area contributed by atoms with E-state index in [4.69, 9.17) is 4.42 Å². The highest BCUT2D eigenvalue weighted by Crippen LogP contribution is 2.27. The first-order valence-electron chi connectivity index (χ1n) is 5.52. The fourth-order valence-electron chi connectivity index (χ4n) is 2.02. The molecule has 0 aliphatic heterocycles. The van der Waals surface area contributed by atoms with Crippen molar-refractivity contribution in [3.63, 3.8) is 0 Å². The number of hydrogen-bond donors (Lipinski definition) is 1. The van der Waals surface area contributed by atoms with Crippen LogP contribution < -0.4 is 10.9 Å². The zero-order valence-electron chi connectivity index (χ0n) is 10.0. The molecule has 3 heteroatoms. The number of fused-ring (bicyclic) bond motifs is 1. The molecule has 0 bridgehead atoms. The summed E-state index contributed by atoms with van der Waals surface area (Å²) in [5, 5.41) is 4.07. The minimum atomic E-state index is -0.312. The molecule has 17 heavy (non-hydrogen) atoms. The van der Waals surface area contributed by atoms with Crippen molar-refractivity contribution in [3.8, 4) is 0 Å².